The average molecular weight is 362 g/mol. The van der Waals surface area contributed by atoms with Crippen LogP contribution in [0, 0.1) is 5.92 Å². The molecule has 3 rings (SSSR count). The van der Waals surface area contributed by atoms with Gasteiger partial charge >= 0.3 is 0 Å². The Morgan fingerprint density at radius 3 is 3.04 bits per heavy atom. The molecule has 1 saturated heterocycles. The first-order valence-corrected chi connectivity index (χ1v) is 9.94. The predicted octanol–water partition coefficient (Wildman–Crippen LogP) is 2.97. The zero-order chi connectivity index (χ0) is 17.5. The van der Waals surface area contributed by atoms with Gasteiger partial charge in [-0.3, -0.25) is 4.79 Å². The highest BCUT2D eigenvalue weighted by Gasteiger charge is 2.15. The van der Waals surface area contributed by atoms with Crippen LogP contribution in [0.2, 0.25) is 0 Å². The van der Waals surface area contributed by atoms with Crippen molar-refractivity contribution in [2.45, 2.75) is 39.0 Å². The molecule has 2 aromatic rings. The number of hydrogen-bond acceptors (Lipinski definition) is 6. The Morgan fingerprint density at radius 1 is 1.44 bits per heavy atom. The van der Waals surface area contributed by atoms with Crippen LogP contribution < -0.4 is 5.32 Å². The fourth-order valence-corrected chi connectivity index (χ4v) is 3.64. The lowest BCUT2D eigenvalue weighted by Crippen LogP contribution is -2.35. The van der Waals surface area contributed by atoms with E-state index in [1.165, 1.54) is 25.9 Å². The number of carbonyl (C=O) groups is 1. The zero-order valence-corrected chi connectivity index (χ0v) is 15.6. The van der Waals surface area contributed by atoms with Crippen molar-refractivity contribution in [3.8, 4) is 10.7 Å². The monoisotopic (exact) mass is 362 g/mol. The molecule has 0 unspecified atom stereocenters. The van der Waals surface area contributed by atoms with Gasteiger partial charge in [0.1, 0.15) is 0 Å². The number of rotatable bonds is 8. The maximum atomic E-state index is 11.9. The van der Waals surface area contributed by atoms with Crippen LogP contribution in [-0.4, -0.2) is 47.1 Å². The van der Waals surface area contributed by atoms with Crippen LogP contribution in [0.15, 0.2) is 22.0 Å². The standard InChI is InChI=1S/C18H26N4O2S/c1-14-7-11-22(12-8-14)10-3-9-19-16(23)5-6-17-20-18(21-24-17)15-4-2-13-25-15/h2,4,13-14H,3,5-12H2,1H3,(H,19,23). The minimum Gasteiger partial charge on any atom is -0.356 e. The van der Waals surface area contributed by atoms with Crippen molar-refractivity contribution in [3.05, 3.63) is 23.4 Å². The van der Waals surface area contributed by atoms with Crippen molar-refractivity contribution < 1.29 is 9.32 Å². The van der Waals surface area contributed by atoms with Crippen LogP contribution in [-0.2, 0) is 11.2 Å². The van der Waals surface area contributed by atoms with Gasteiger partial charge in [-0.2, -0.15) is 4.98 Å². The van der Waals surface area contributed by atoms with E-state index in [9.17, 15) is 4.79 Å². The molecule has 136 valence electrons. The van der Waals surface area contributed by atoms with Crippen LogP contribution >= 0.6 is 11.3 Å². The molecule has 25 heavy (non-hydrogen) atoms. The van der Waals surface area contributed by atoms with E-state index in [0.717, 1.165) is 30.3 Å². The molecule has 6 nitrogen and oxygen atoms in total. The highest BCUT2D eigenvalue weighted by molar-refractivity contribution is 7.13. The SMILES string of the molecule is CC1CCN(CCCNC(=O)CCc2nc(-c3cccs3)no2)CC1. The number of piperidine rings is 1. The number of likely N-dealkylation sites (tertiary alicyclic amines) is 1. The lowest BCUT2D eigenvalue weighted by atomic mass is 9.99. The lowest BCUT2D eigenvalue weighted by Gasteiger charge is -2.30. The molecule has 3 heterocycles. The van der Waals surface area contributed by atoms with Gasteiger partial charge in [-0.15, -0.1) is 11.3 Å². The summed E-state index contributed by atoms with van der Waals surface area (Å²) in [4.78, 5) is 19.7. The largest absolute Gasteiger partial charge is 0.356 e. The molecular weight excluding hydrogens is 336 g/mol. The minimum atomic E-state index is 0.0446. The van der Waals surface area contributed by atoms with E-state index in [1.54, 1.807) is 11.3 Å². The Hall–Kier alpha value is -1.73. The van der Waals surface area contributed by atoms with E-state index in [-0.39, 0.29) is 5.91 Å². The van der Waals surface area contributed by atoms with E-state index in [2.05, 4.69) is 27.3 Å². The van der Waals surface area contributed by atoms with Gasteiger partial charge in [-0.1, -0.05) is 18.1 Å². The number of nitrogens with one attached hydrogen (secondary N) is 1. The van der Waals surface area contributed by atoms with Crippen LogP contribution in [0.5, 0.6) is 0 Å². The van der Waals surface area contributed by atoms with Gasteiger partial charge in [-0.05, 0) is 56.3 Å². The topological polar surface area (TPSA) is 71.3 Å². The molecule has 7 heteroatoms. The molecule has 0 aromatic carbocycles. The second-order valence-corrected chi connectivity index (χ2v) is 7.66. The first-order valence-electron chi connectivity index (χ1n) is 9.06. The molecule has 0 aliphatic carbocycles. The van der Waals surface area contributed by atoms with Crippen molar-refractivity contribution in [1.29, 1.82) is 0 Å². The molecular formula is C18H26N4O2S. The van der Waals surface area contributed by atoms with Crippen molar-refractivity contribution in [2.24, 2.45) is 5.92 Å². The Labute approximate surface area is 152 Å². The van der Waals surface area contributed by atoms with E-state index < -0.39 is 0 Å². The molecule has 1 N–H and O–H groups in total. The third-order valence-electron chi connectivity index (χ3n) is 4.63. The molecule has 0 radical (unpaired) electrons. The van der Waals surface area contributed by atoms with Crippen LogP contribution in [0.3, 0.4) is 0 Å². The molecule has 0 bridgehead atoms. The number of carbonyl (C=O) groups excluding carboxylic acids is 1. The van der Waals surface area contributed by atoms with Gasteiger partial charge in [0, 0.05) is 19.4 Å². The number of hydrogen-bond donors (Lipinski definition) is 1. The summed E-state index contributed by atoms with van der Waals surface area (Å²) in [5.41, 5.74) is 0. The molecule has 2 aromatic heterocycles. The Morgan fingerprint density at radius 2 is 2.28 bits per heavy atom. The van der Waals surface area contributed by atoms with Gasteiger partial charge in [0.15, 0.2) is 0 Å². The summed E-state index contributed by atoms with van der Waals surface area (Å²) < 4.78 is 5.21. The summed E-state index contributed by atoms with van der Waals surface area (Å²) in [7, 11) is 0. The smallest absolute Gasteiger partial charge is 0.227 e. The van der Waals surface area contributed by atoms with Gasteiger partial charge in [0.25, 0.3) is 0 Å². The lowest BCUT2D eigenvalue weighted by molar-refractivity contribution is -0.121. The molecule has 1 aliphatic heterocycles. The van der Waals surface area contributed by atoms with E-state index in [1.807, 2.05) is 17.5 Å². The van der Waals surface area contributed by atoms with Gasteiger partial charge in [0.2, 0.25) is 17.6 Å². The summed E-state index contributed by atoms with van der Waals surface area (Å²) in [6.07, 6.45) is 4.46. The maximum absolute atomic E-state index is 11.9. The van der Waals surface area contributed by atoms with Crippen LogP contribution in [0.4, 0.5) is 0 Å². The first-order chi connectivity index (χ1) is 12.2. The molecule has 0 saturated carbocycles. The van der Waals surface area contributed by atoms with E-state index >= 15 is 0 Å². The Balaban J connectivity index is 1.29. The normalized spacial score (nSPS) is 16.2. The second kappa shape index (κ2) is 9.10. The molecule has 1 fully saturated rings. The number of aromatic nitrogens is 2. The zero-order valence-electron chi connectivity index (χ0n) is 14.7. The highest BCUT2D eigenvalue weighted by atomic mass is 32.1. The predicted molar refractivity (Wildman–Crippen MR) is 98.4 cm³/mol. The number of amides is 1. The van der Waals surface area contributed by atoms with Crippen molar-refractivity contribution in [2.75, 3.05) is 26.2 Å². The fraction of sp³-hybridized carbons (Fsp3) is 0.611. The number of thiophene rings is 1. The quantitative estimate of drug-likeness (QED) is 0.731. The Kier molecular flexibility index (Phi) is 6.58. The average Bonchev–Trinajstić information content (AvgIpc) is 3.29. The van der Waals surface area contributed by atoms with Crippen molar-refractivity contribution in [3.63, 3.8) is 0 Å². The number of nitrogens with zero attached hydrogens (tertiary/aromatic N) is 3. The first kappa shape index (κ1) is 18.1. The van der Waals surface area contributed by atoms with E-state index in [4.69, 9.17) is 4.52 Å². The molecule has 0 atom stereocenters. The summed E-state index contributed by atoms with van der Waals surface area (Å²) >= 11 is 1.57. The Bertz CT molecular complexity index is 648. The summed E-state index contributed by atoms with van der Waals surface area (Å²) in [6.45, 7) is 6.51. The van der Waals surface area contributed by atoms with Crippen molar-refractivity contribution >= 4 is 17.2 Å². The third-order valence-corrected chi connectivity index (χ3v) is 5.49. The summed E-state index contributed by atoms with van der Waals surface area (Å²) in [6, 6.07) is 3.91. The van der Waals surface area contributed by atoms with Crippen LogP contribution in [0.1, 0.15) is 38.5 Å². The fourth-order valence-electron chi connectivity index (χ4n) is 2.99. The third kappa shape index (κ3) is 5.64. The van der Waals surface area contributed by atoms with E-state index in [0.29, 0.717) is 24.6 Å². The molecule has 1 amide bonds. The molecule has 1 aliphatic rings. The van der Waals surface area contributed by atoms with Crippen LogP contribution in [0.25, 0.3) is 10.7 Å². The van der Waals surface area contributed by atoms with Crippen molar-refractivity contribution in [1.82, 2.24) is 20.4 Å². The minimum absolute atomic E-state index is 0.0446. The van der Waals surface area contributed by atoms with Gasteiger partial charge in [0.05, 0.1) is 4.88 Å². The second-order valence-electron chi connectivity index (χ2n) is 6.72. The van der Waals surface area contributed by atoms with Gasteiger partial charge < -0.3 is 14.7 Å². The highest BCUT2D eigenvalue weighted by Crippen LogP contribution is 2.21. The molecule has 0 spiro atoms. The summed E-state index contributed by atoms with van der Waals surface area (Å²) in [5, 5.41) is 8.91. The summed E-state index contributed by atoms with van der Waals surface area (Å²) in [5.74, 6) is 2.02. The maximum Gasteiger partial charge on any atom is 0.227 e. The number of aryl methyl sites for hydroxylation is 1. The van der Waals surface area contributed by atoms with Gasteiger partial charge in [-0.25, -0.2) is 0 Å².